The lowest BCUT2D eigenvalue weighted by atomic mass is 10.0. The normalized spacial score (nSPS) is 16.4. The van der Waals surface area contributed by atoms with Crippen LogP contribution in [0.2, 0.25) is 0 Å². The van der Waals surface area contributed by atoms with Crippen molar-refractivity contribution < 1.29 is 4.39 Å². The van der Waals surface area contributed by atoms with Crippen LogP contribution in [-0.4, -0.2) is 20.2 Å². The summed E-state index contributed by atoms with van der Waals surface area (Å²) in [5.41, 5.74) is 2.34. The van der Waals surface area contributed by atoms with E-state index < -0.39 is 6.04 Å². The molecule has 3 aromatic rings. The van der Waals surface area contributed by atoms with Gasteiger partial charge in [0, 0.05) is 15.7 Å². The Balaban J connectivity index is 1.83. The molecule has 0 fully saturated rings. The van der Waals surface area contributed by atoms with E-state index in [2.05, 4.69) is 36.8 Å². The lowest BCUT2D eigenvalue weighted by Gasteiger charge is -2.23. The summed E-state index contributed by atoms with van der Waals surface area (Å²) in [7, 11) is 0. The van der Waals surface area contributed by atoms with E-state index in [1.807, 2.05) is 30.3 Å². The number of rotatable bonds is 2. The fourth-order valence-corrected chi connectivity index (χ4v) is 2.85. The van der Waals surface area contributed by atoms with Gasteiger partial charge in [0.1, 0.15) is 11.9 Å². The lowest BCUT2D eigenvalue weighted by Crippen LogP contribution is -2.21. The summed E-state index contributed by atoms with van der Waals surface area (Å²) in [4.78, 5) is 0. The van der Waals surface area contributed by atoms with Crippen LogP contribution in [0.5, 0.6) is 0 Å². The summed E-state index contributed by atoms with van der Waals surface area (Å²) in [6, 6.07) is 14.1. The standard InChI is InChI=1S/C16H11BrFN5/c17-11-7-5-10(6-8-11)14-9-15(12-3-1-2-4-13(12)18)23-16(19-14)20-21-22-23/h1-9,15H,(H,19,20,22)/t15-/m0/s1. The molecule has 0 saturated heterocycles. The van der Waals surface area contributed by atoms with Crippen LogP contribution >= 0.6 is 15.9 Å². The summed E-state index contributed by atoms with van der Waals surface area (Å²) in [6.45, 7) is 0. The molecule has 1 N–H and O–H groups in total. The third-order valence-corrected chi connectivity index (χ3v) is 4.24. The zero-order valence-electron chi connectivity index (χ0n) is 11.8. The number of halogens is 2. The third kappa shape index (κ3) is 2.53. The molecule has 2 heterocycles. The SMILES string of the molecule is Fc1ccccc1[C@@H]1C=C(c2ccc(Br)cc2)Nc2nnnn21. The molecule has 7 heteroatoms. The van der Waals surface area contributed by atoms with Crippen molar-refractivity contribution in [2.24, 2.45) is 0 Å². The van der Waals surface area contributed by atoms with Crippen LogP contribution in [0.3, 0.4) is 0 Å². The topological polar surface area (TPSA) is 55.6 Å². The molecule has 5 nitrogen and oxygen atoms in total. The van der Waals surface area contributed by atoms with Crippen LogP contribution in [0, 0.1) is 5.82 Å². The average Bonchev–Trinajstić information content (AvgIpc) is 3.04. The molecule has 1 aromatic heterocycles. The van der Waals surface area contributed by atoms with Gasteiger partial charge in [-0.3, -0.25) is 0 Å². The van der Waals surface area contributed by atoms with Crippen molar-refractivity contribution in [1.82, 2.24) is 20.2 Å². The number of nitrogens with one attached hydrogen (secondary N) is 1. The predicted octanol–water partition coefficient (Wildman–Crippen LogP) is 3.63. The number of tetrazole rings is 1. The van der Waals surface area contributed by atoms with Gasteiger partial charge in [0.05, 0.1) is 0 Å². The van der Waals surface area contributed by atoms with Gasteiger partial charge in [0.15, 0.2) is 0 Å². The Labute approximate surface area is 140 Å². The zero-order valence-corrected chi connectivity index (χ0v) is 13.4. The van der Waals surface area contributed by atoms with Crippen molar-refractivity contribution in [3.05, 3.63) is 76.0 Å². The fourth-order valence-electron chi connectivity index (χ4n) is 2.59. The first-order valence-corrected chi connectivity index (χ1v) is 7.79. The number of aromatic nitrogens is 4. The Morgan fingerprint density at radius 2 is 1.87 bits per heavy atom. The Morgan fingerprint density at radius 1 is 1.09 bits per heavy atom. The Hall–Kier alpha value is -2.54. The summed E-state index contributed by atoms with van der Waals surface area (Å²) in [5.74, 6) is 0.200. The maximum absolute atomic E-state index is 14.2. The number of benzene rings is 2. The number of hydrogen-bond donors (Lipinski definition) is 1. The van der Waals surface area contributed by atoms with Crippen LogP contribution in [0.25, 0.3) is 5.70 Å². The first kappa shape index (κ1) is 14.1. The second kappa shape index (κ2) is 5.58. The predicted molar refractivity (Wildman–Crippen MR) is 88.1 cm³/mol. The third-order valence-electron chi connectivity index (χ3n) is 3.71. The molecular formula is C16H11BrFN5. The highest BCUT2D eigenvalue weighted by Gasteiger charge is 2.26. The van der Waals surface area contributed by atoms with Gasteiger partial charge in [0.25, 0.3) is 0 Å². The van der Waals surface area contributed by atoms with Gasteiger partial charge >= 0.3 is 0 Å². The highest BCUT2D eigenvalue weighted by atomic mass is 79.9. The van der Waals surface area contributed by atoms with Gasteiger partial charge in [-0.2, -0.15) is 4.68 Å². The summed E-state index contributed by atoms with van der Waals surface area (Å²) in [6.07, 6.45) is 1.92. The number of allylic oxidation sites excluding steroid dienone is 1. The van der Waals surface area contributed by atoms with Crippen molar-refractivity contribution in [3.63, 3.8) is 0 Å². The monoisotopic (exact) mass is 371 g/mol. The smallest absolute Gasteiger partial charge is 0.248 e. The second-order valence-electron chi connectivity index (χ2n) is 5.13. The summed E-state index contributed by atoms with van der Waals surface area (Å²) in [5, 5.41) is 14.8. The highest BCUT2D eigenvalue weighted by molar-refractivity contribution is 9.10. The van der Waals surface area contributed by atoms with E-state index >= 15 is 0 Å². The molecule has 4 rings (SSSR count). The quantitative estimate of drug-likeness (QED) is 0.747. The Morgan fingerprint density at radius 3 is 2.65 bits per heavy atom. The van der Waals surface area contributed by atoms with Crippen LogP contribution in [0.15, 0.2) is 59.1 Å². The number of nitrogens with zero attached hydrogens (tertiary/aromatic N) is 4. The minimum Gasteiger partial charge on any atom is -0.323 e. The van der Waals surface area contributed by atoms with Crippen LogP contribution in [0.4, 0.5) is 10.3 Å². The second-order valence-corrected chi connectivity index (χ2v) is 6.04. The van der Waals surface area contributed by atoms with E-state index in [0.29, 0.717) is 11.5 Å². The van der Waals surface area contributed by atoms with Gasteiger partial charge in [0.2, 0.25) is 5.95 Å². The molecular weight excluding hydrogens is 361 g/mol. The number of hydrogen-bond acceptors (Lipinski definition) is 4. The molecule has 23 heavy (non-hydrogen) atoms. The fraction of sp³-hybridized carbons (Fsp3) is 0.0625. The van der Waals surface area contributed by atoms with Gasteiger partial charge in [-0.15, -0.1) is 0 Å². The summed E-state index contributed by atoms with van der Waals surface area (Å²) < 4.78 is 16.8. The molecule has 0 spiro atoms. The van der Waals surface area contributed by atoms with Gasteiger partial charge in [-0.05, 0) is 40.3 Å². The van der Waals surface area contributed by atoms with E-state index in [9.17, 15) is 4.39 Å². The molecule has 1 aliphatic heterocycles. The number of fused-ring (bicyclic) bond motifs is 1. The van der Waals surface area contributed by atoms with Crippen molar-refractivity contribution in [2.75, 3.05) is 5.32 Å². The van der Waals surface area contributed by atoms with E-state index in [1.54, 1.807) is 22.9 Å². The maximum Gasteiger partial charge on any atom is 0.248 e. The Kier molecular flexibility index (Phi) is 3.42. The largest absolute Gasteiger partial charge is 0.323 e. The summed E-state index contributed by atoms with van der Waals surface area (Å²) >= 11 is 3.42. The molecule has 0 saturated carbocycles. The van der Waals surface area contributed by atoms with E-state index in [-0.39, 0.29) is 5.82 Å². The lowest BCUT2D eigenvalue weighted by molar-refractivity contribution is 0.540. The number of anilines is 1. The first-order valence-electron chi connectivity index (χ1n) is 6.99. The molecule has 0 bridgehead atoms. The molecule has 1 aliphatic rings. The van der Waals surface area contributed by atoms with Crippen molar-refractivity contribution in [2.45, 2.75) is 6.04 Å². The minimum absolute atomic E-state index is 0.285. The molecule has 0 aliphatic carbocycles. The first-order chi connectivity index (χ1) is 11.2. The molecule has 0 radical (unpaired) electrons. The van der Waals surface area contributed by atoms with Crippen LogP contribution < -0.4 is 5.32 Å². The molecule has 114 valence electrons. The van der Waals surface area contributed by atoms with E-state index in [0.717, 1.165) is 15.7 Å². The van der Waals surface area contributed by atoms with Crippen molar-refractivity contribution in [1.29, 1.82) is 0 Å². The van der Waals surface area contributed by atoms with Crippen LogP contribution in [-0.2, 0) is 0 Å². The molecule has 0 amide bonds. The molecule has 1 atom stereocenters. The maximum atomic E-state index is 14.2. The van der Waals surface area contributed by atoms with Gasteiger partial charge in [-0.1, -0.05) is 51.4 Å². The van der Waals surface area contributed by atoms with Gasteiger partial charge < -0.3 is 5.32 Å². The molecule has 0 unspecified atom stereocenters. The van der Waals surface area contributed by atoms with Gasteiger partial charge in [-0.25, -0.2) is 4.39 Å². The Bertz CT molecular complexity index is 887. The van der Waals surface area contributed by atoms with E-state index in [1.165, 1.54) is 6.07 Å². The van der Waals surface area contributed by atoms with Crippen LogP contribution in [0.1, 0.15) is 17.2 Å². The highest BCUT2D eigenvalue weighted by Crippen LogP contribution is 2.32. The minimum atomic E-state index is -0.402. The van der Waals surface area contributed by atoms with Crippen molar-refractivity contribution >= 4 is 27.6 Å². The molecule has 2 aromatic carbocycles. The van der Waals surface area contributed by atoms with E-state index in [4.69, 9.17) is 0 Å². The van der Waals surface area contributed by atoms with Crippen molar-refractivity contribution in [3.8, 4) is 0 Å². The average molecular weight is 372 g/mol. The zero-order chi connectivity index (χ0) is 15.8.